The lowest BCUT2D eigenvalue weighted by atomic mass is 9.95. The highest BCUT2D eigenvalue weighted by Gasteiger charge is 2.20. The lowest BCUT2D eigenvalue weighted by molar-refractivity contribution is -0.142. The minimum atomic E-state index is -0.752. The fraction of sp³-hybridized carbons (Fsp3) is 0.571. The number of rotatable bonds is 6. The molecule has 0 aliphatic heterocycles. The van der Waals surface area contributed by atoms with Gasteiger partial charge in [-0.15, -0.1) is 0 Å². The second kappa shape index (κ2) is 6.38. The number of hydrogen-bond acceptors (Lipinski definition) is 3. The van der Waals surface area contributed by atoms with Crippen LogP contribution in [-0.4, -0.2) is 23.2 Å². The van der Waals surface area contributed by atoms with Crippen molar-refractivity contribution in [2.75, 3.05) is 7.11 Å². The molecule has 1 rings (SSSR count). The van der Waals surface area contributed by atoms with Gasteiger partial charge in [0.2, 0.25) is 0 Å². The van der Waals surface area contributed by atoms with E-state index < -0.39 is 5.97 Å². The van der Waals surface area contributed by atoms with Crippen LogP contribution in [0.25, 0.3) is 0 Å². The predicted octanol–water partition coefficient (Wildman–Crippen LogP) is 2.75. The van der Waals surface area contributed by atoms with Gasteiger partial charge in [0.15, 0.2) is 0 Å². The van der Waals surface area contributed by atoms with Crippen molar-refractivity contribution < 1.29 is 14.6 Å². The maximum Gasteiger partial charge on any atom is 0.306 e. The third-order valence-electron chi connectivity index (χ3n) is 3.18. The molecule has 1 unspecified atom stereocenters. The number of ether oxygens (including phenoxy) is 1. The number of hydrogen-bond donors (Lipinski definition) is 1. The van der Waals surface area contributed by atoms with Gasteiger partial charge < -0.3 is 9.84 Å². The molecule has 0 saturated heterocycles. The van der Waals surface area contributed by atoms with Crippen LogP contribution in [0.15, 0.2) is 6.20 Å². The van der Waals surface area contributed by atoms with Crippen LogP contribution in [0.4, 0.5) is 0 Å². The standard InChI is InChI=1S/C14H21NO3/c1-5-6-11(14(16)17)7-12-10(3)13(18-4)9(2)8-15-12/h8,11H,5-7H2,1-4H3,(H,16,17). The SMILES string of the molecule is CCCC(Cc1ncc(C)c(OC)c1C)C(=O)O. The largest absolute Gasteiger partial charge is 0.496 e. The average Bonchev–Trinajstić information content (AvgIpc) is 2.32. The number of aliphatic carboxylic acids is 1. The van der Waals surface area contributed by atoms with Crippen molar-refractivity contribution in [1.29, 1.82) is 0 Å². The lowest BCUT2D eigenvalue weighted by Crippen LogP contribution is -2.17. The second-order valence-electron chi connectivity index (χ2n) is 4.57. The molecule has 0 aliphatic rings. The van der Waals surface area contributed by atoms with Crippen LogP contribution in [0.1, 0.15) is 36.6 Å². The van der Waals surface area contributed by atoms with E-state index in [1.807, 2.05) is 20.8 Å². The Morgan fingerprint density at radius 3 is 2.67 bits per heavy atom. The van der Waals surface area contributed by atoms with Crippen molar-refractivity contribution >= 4 is 5.97 Å². The second-order valence-corrected chi connectivity index (χ2v) is 4.57. The summed E-state index contributed by atoms with van der Waals surface area (Å²) in [5, 5.41) is 9.18. The molecular formula is C14H21NO3. The van der Waals surface area contributed by atoms with Crippen LogP contribution in [0.3, 0.4) is 0 Å². The van der Waals surface area contributed by atoms with E-state index in [4.69, 9.17) is 4.74 Å². The van der Waals surface area contributed by atoms with Gasteiger partial charge in [-0.3, -0.25) is 9.78 Å². The van der Waals surface area contributed by atoms with Crippen LogP contribution in [0, 0.1) is 19.8 Å². The van der Waals surface area contributed by atoms with Crippen molar-refractivity contribution in [3.8, 4) is 5.75 Å². The first-order valence-electron chi connectivity index (χ1n) is 6.23. The zero-order valence-electron chi connectivity index (χ0n) is 11.5. The van der Waals surface area contributed by atoms with Crippen molar-refractivity contribution in [1.82, 2.24) is 4.98 Å². The van der Waals surface area contributed by atoms with Crippen molar-refractivity contribution in [2.24, 2.45) is 5.92 Å². The quantitative estimate of drug-likeness (QED) is 0.844. The van der Waals surface area contributed by atoms with E-state index in [2.05, 4.69) is 4.98 Å². The molecule has 4 heteroatoms. The summed E-state index contributed by atoms with van der Waals surface area (Å²) >= 11 is 0. The first kappa shape index (κ1) is 14.5. The van der Waals surface area contributed by atoms with Crippen molar-refractivity contribution in [2.45, 2.75) is 40.0 Å². The summed E-state index contributed by atoms with van der Waals surface area (Å²) in [6.45, 7) is 5.86. The molecule has 0 fully saturated rings. The molecule has 1 aromatic heterocycles. The molecule has 0 amide bonds. The monoisotopic (exact) mass is 251 g/mol. The number of pyridine rings is 1. The van der Waals surface area contributed by atoms with E-state index in [1.165, 1.54) is 0 Å². The molecule has 1 atom stereocenters. The summed E-state index contributed by atoms with van der Waals surface area (Å²) in [5.74, 6) is -0.313. The Morgan fingerprint density at radius 2 is 2.17 bits per heavy atom. The highest BCUT2D eigenvalue weighted by molar-refractivity contribution is 5.70. The minimum absolute atomic E-state index is 0.367. The van der Waals surface area contributed by atoms with Gasteiger partial charge >= 0.3 is 5.97 Å². The topological polar surface area (TPSA) is 59.4 Å². The Bertz CT molecular complexity index is 429. The minimum Gasteiger partial charge on any atom is -0.496 e. The summed E-state index contributed by atoms with van der Waals surface area (Å²) in [4.78, 5) is 15.5. The summed E-state index contributed by atoms with van der Waals surface area (Å²) in [7, 11) is 1.62. The van der Waals surface area contributed by atoms with E-state index in [0.29, 0.717) is 12.8 Å². The van der Waals surface area contributed by atoms with Crippen LogP contribution < -0.4 is 4.74 Å². The summed E-state index contributed by atoms with van der Waals surface area (Å²) in [5.41, 5.74) is 2.74. The normalized spacial score (nSPS) is 12.2. The molecule has 0 spiro atoms. The van der Waals surface area contributed by atoms with Crippen LogP contribution >= 0.6 is 0 Å². The van der Waals surface area contributed by atoms with E-state index >= 15 is 0 Å². The third-order valence-corrected chi connectivity index (χ3v) is 3.18. The molecule has 100 valence electrons. The Hall–Kier alpha value is -1.58. The Balaban J connectivity index is 2.99. The summed E-state index contributed by atoms with van der Waals surface area (Å²) in [6, 6.07) is 0. The number of aryl methyl sites for hydroxylation is 1. The van der Waals surface area contributed by atoms with Crippen molar-refractivity contribution in [3.05, 3.63) is 23.0 Å². The number of methoxy groups -OCH3 is 1. The van der Waals surface area contributed by atoms with Gasteiger partial charge in [-0.1, -0.05) is 13.3 Å². The molecule has 0 bridgehead atoms. The maximum absolute atomic E-state index is 11.2. The molecule has 0 aromatic carbocycles. The number of carbonyl (C=O) groups is 1. The van der Waals surface area contributed by atoms with E-state index in [0.717, 1.165) is 29.0 Å². The molecule has 18 heavy (non-hydrogen) atoms. The van der Waals surface area contributed by atoms with Gasteiger partial charge in [0.25, 0.3) is 0 Å². The van der Waals surface area contributed by atoms with E-state index in [-0.39, 0.29) is 5.92 Å². The Labute approximate surface area is 108 Å². The van der Waals surface area contributed by atoms with Gasteiger partial charge in [-0.25, -0.2) is 0 Å². The smallest absolute Gasteiger partial charge is 0.306 e. The van der Waals surface area contributed by atoms with E-state index in [9.17, 15) is 9.90 Å². The maximum atomic E-state index is 11.2. The lowest BCUT2D eigenvalue weighted by Gasteiger charge is -2.15. The van der Waals surface area contributed by atoms with Gasteiger partial charge in [0, 0.05) is 29.4 Å². The molecule has 1 aromatic rings. The number of carboxylic acids is 1. The number of nitrogens with zero attached hydrogens (tertiary/aromatic N) is 1. The van der Waals surface area contributed by atoms with Gasteiger partial charge in [0.05, 0.1) is 13.0 Å². The molecule has 1 heterocycles. The van der Waals surface area contributed by atoms with Crippen LogP contribution in [-0.2, 0) is 11.2 Å². The Kier molecular flexibility index (Phi) is 5.13. The summed E-state index contributed by atoms with van der Waals surface area (Å²) < 4.78 is 5.33. The molecule has 0 radical (unpaired) electrons. The van der Waals surface area contributed by atoms with Crippen molar-refractivity contribution in [3.63, 3.8) is 0 Å². The van der Waals surface area contributed by atoms with Gasteiger partial charge in [-0.05, 0) is 20.3 Å². The highest BCUT2D eigenvalue weighted by atomic mass is 16.5. The fourth-order valence-corrected chi connectivity index (χ4v) is 2.17. The van der Waals surface area contributed by atoms with E-state index in [1.54, 1.807) is 13.3 Å². The Morgan fingerprint density at radius 1 is 1.50 bits per heavy atom. The first-order chi connectivity index (χ1) is 8.51. The summed E-state index contributed by atoms with van der Waals surface area (Å²) in [6.07, 6.45) is 3.74. The number of carboxylic acid groups (broad SMARTS) is 1. The number of aromatic nitrogens is 1. The predicted molar refractivity (Wildman–Crippen MR) is 70.0 cm³/mol. The van der Waals surface area contributed by atoms with Crippen LogP contribution in [0.2, 0.25) is 0 Å². The van der Waals surface area contributed by atoms with Gasteiger partial charge in [-0.2, -0.15) is 0 Å². The molecule has 0 saturated carbocycles. The highest BCUT2D eigenvalue weighted by Crippen LogP contribution is 2.26. The first-order valence-corrected chi connectivity index (χ1v) is 6.23. The average molecular weight is 251 g/mol. The molecular weight excluding hydrogens is 230 g/mol. The zero-order valence-corrected chi connectivity index (χ0v) is 11.5. The molecule has 1 N–H and O–H groups in total. The molecule has 4 nitrogen and oxygen atoms in total. The third kappa shape index (κ3) is 3.22. The van der Waals surface area contributed by atoms with Gasteiger partial charge in [0.1, 0.15) is 5.75 Å². The van der Waals surface area contributed by atoms with Crippen LogP contribution in [0.5, 0.6) is 5.75 Å². The zero-order chi connectivity index (χ0) is 13.7. The molecule has 0 aliphatic carbocycles. The fourth-order valence-electron chi connectivity index (χ4n) is 2.17.